The maximum atomic E-state index is 8.24. The Hall–Kier alpha value is -1.63. The van der Waals surface area contributed by atoms with Crippen molar-refractivity contribution in [3.05, 3.63) is 12.2 Å². The van der Waals surface area contributed by atoms with Gasteiger partial charge in [0.1, 0.15) is 12.2 Å². The summed E-state index contributed by atoms with van der Waals surface area (Å²) in [5.41, 5.74) is 5.25. The highest BCUT2D eigenvalue weighted by molar-refractivity contribution is 5.81. The molecule has 0 aliphatic rings. The van der Waals surface area contributed by atoms with Crippen LogP contribution in [0.15, 0.2) is 11.5 Å². The second-order valence-electron chi connectivity index (χ2n) is 2.55. The van der Waals surface area contributed by atoms with E-state index in [1.54, 1.807) is 10.9 Å². The average Bonchev–Trinajstić information content (AvgIpc) is 2.52. The third-order valence-corrected chi connectivity index (χ3v) is 1.52. The van der Waals surface area contributed by atoms with Gasteiger partial charge in [0, 0.05) is 7.05 Å². The Morgan fingerprint density at radius 3 is 3.15 bits per heavy atom. The molecule has 13 heavy (non-hydrogen) atoms. The van der Waals surface area contributed by atoms with E-state index in [1.165, 1.54) is 0 Å². The van der Waals surface area contributed by atoms with Gasteiger partial charge in [-0.05, 0) is 0 Å². The van der Waals surface area contributed by atoms with Crippen molar-refractivity contribution in [1.29, 1.82) is 0 Å². The maximum absolute atomic E-state index is 8.24. The highest BCUT2D eigenvalue weighted by Crippen LogP contribution is 1.88. The molecule has 0 aliphatic heterocycles. The van der Waals surface area contributed by atoms with Crippen LogP contribution in [0.1, 0.15) is 5.82 Å². The molecule has 1 rings (SSSR count). The zero-order valence-corrected chi connectivity index (χ0v) is 7.30. The standard InChI is InChI=1S/C6H12N6O/c1-12-4-9-10-6(12)3-8-2-5(7)11-13/h4,8,13H,2-3H2,1H3,(H2,7,11). The SMILES string of the molecule is Cn1cnnc1CNCC(N)=NO. The maximum Gasteiger partial charge on any atom is 0.153 e. The summed E-state index contributed by atoms with van der Waals surface area (Å²) in [6.45, 7) is 0.857. The second kappa shape index (κ2) is 4.41. The lowest BCUT2D eigenvalue weighted by Gasteiger charge is -2.01. The summed E-state index contributed by atoms with van der Waals surface area (Å²) in [5.74, 6) is 0.938. The minimum atomic E-state index is 0.141. The van der Waals surface area contributed by atoms with Gasteiger partial charge in [-0.15, -0.1) is 10.2 Å². The number of rotatable bonds is 4. The normalized spacial score (nSPS) is 11.9. The van der Waals surface area contributed by atoms with Crippen molar-refractivity contribution in [2.75, 3.05) is 6.54 Å². The number of nitrogens with one attached hydrogen (secondary N) is 1. The van der Waals surface area contributed by atoms with Gasteiger partial charge in [0.25, 0.3) is 0 Å². The third kappa shape index (κ3) is 2.71. The van der Waals surface area contributed by atoms with Crippen molar-refractivity contribution in [3.8, 4) is 0 Å². The van der Waals surface area contributed by atoms with Gasteiger partial charge in [-0.3, -0.25) is 0 Å². The molecule has 7 heteroatoms. The van der Waals surface area contributed by atoms with Crippen molar-refractivity contribution in [1.82, 2.24) is 20.1 Å². The van der Waals surface area contributed by atoms with E-state index in [-0.39, 0.29) is 5.84 Å². The zero-order valence-electron chi connectivity index (χ0n) is 7.30. The van der Waals surface area contributed by atoms with E-state index in [0.29, 0.717) is 13.1 Å². The first-order chi connectivity index (χ1) is 6.24. The molecule has 1 heterocycles. The first-order valence-electron chi connectivity index (χ1n) is 3.74. The Kier molecular flexibility index (Phi) is 3.21. The van der Waals surface area contributed by atoms with Gasteiger partial charge in [0.2, 0.25) is 0 Å². The van der Waals surface area contributed by atoms with Crippen LogP contribution >= 0.6 is 0 Å². The molecule has 72 valence electrons. The van der Waals surface area contributed by atoms with Crippen LogP contribution in [0.4, 0.5) is 0 Å². The molecular formula is C6H12N6O. The molecule has 1 aromatic heterocycles. The summed E-state index contributed by atoms with van der Waals surface area (Å²) in [4.78, 5) is 0. The molecular weight excluding hydrogens is 172 g/mol. The van der Waals surface area contributed by atoms with Crippen LogP contribution in [-0.2, 0) is 13.6 Å². The molecule has 0 fully saturated rings. The molecule has 0 bridgehead atoms. The topological polar surface area (TPSA) is 101 Å². The van der Waals surface area contributed by atoms with E-state index in [2.05, 4.69) is 20.7 Å². The average molecular weight is 184 g/mol. The number of hydrogen-bond donors (Lipinski definition) is 3. The third-order valence-electron chi connectivity index (χ3n) is 1.52. The number of nitrogens with two attached hydrogens (primary N) is 1. The molecule has 1 aromatic rings. The predicted octanol–water partition coefficient (Wildman–Crippen LogP) is -1.35. The van der Waals surface area contributed by atoms with E-state index >= 15 is 0 Å². The molecule has 7 nitrogen and oxygen atoms in total. The van der Waals surface area contributed by atoms with Crippen molar-refractivity contribution >= 4 is 5.84 Å². The highest BCUT2D eigenvalue weighted by Gasteiger charge is 1.99. The largest absolute Gasteiger partial charge is 0.409 e. The van der Waals surface area contributed by atoms with Crippen molar-refractivity contribution in [3.63, 3.8) is 0 Å². The Morgan fingerprint density at radius 2 is 2.62 bits per heavy atom. The summed E-state index contributed by atoms with van der Waals surface area (Å²) in [6.07, 6.45) is 1.61. The molecule has 0 spiro atoms. The second-order valence-corrected chi connectivity index (χ2v) is 2.55. The molecule has 0 saturated heterocycles. The van der Waals surface area contributed by atoms with Crippen LogP contribution < -0.4 is 11.1 Å². The number of aromatic nitrogens is 3. The van der Waals surface area contributed by atoms with Gasteiger partial charge >= 0.3 is 0 Å². The molecule has 4 N–H and O–H groups in total. The molecule has 0 aliphatic carbocycles. The monoisotopic (exact) mass is 184 g/mol. The lowest BCUT2D eigenvalue weighted by molar-refractivity contribution is 0.317. The van der Waals surface area contributed by atoms with E-state index in [1.807, 2.05) is 7.05 Å². The smallest absolute Gasteiger partial charge is 0.153 e. The number of hydrogen-bond acceptors (Lipinski definition) is 5. The lowest BCUT2D eigenvalue weighted by atomic mass is 10.5. The Labute approximate surface area is 75.3 Å². The summed E-state index contributed by atoms with van der Waals surface area (Å²) in [5, 5.41) is 21.5. The number of amidine groups is 1. The molecule has 0 atom stereocenters. The Balaban J connectivity index is 2.32. The van der Waals surface area contributed by atoms with E-state index in [0.717, 1.165) is 5.82 Å². The zero-order chi connectivity index (χ0) is 9.68. The van der Waals surface area contributed by atoms with Gasteiger partial charge in [0.15, 0.2) is 5.84 Å². The van der Waals surface area contributed by atoms with Crippen LogP contribution in [0.3, 0.4) is 0 Å². The van der Waals surface area contributed by atoms with Crippen LogP contribution in [0.2, 0.25) is 0 Å². The van der Waals surface area contributed by atoms with Crippen LogP contribution in [0, 0.1) is 0 Å². The van der Waals surface area contributed by atoms with E-state index in [9.17, 15) is 0 Å². The fourth-order valence-corrected chi connectivity index (χ4v) is 0.805. The quantitative estimate of drug-likeness (QED) is 0.232. The van der Waals surface area contributed by atoms with Gasteiger partial charge < -0.3 is 20.8 Å². The summed E-state index contributed by atoms with van der Waals surface area (Å²) in [7, 11) is 1.85. The summed E-state index contributed by atoms with van der Waals surface area (Å²) < 4.78 is 1.79. The predicted molar refractivity (Wildman–Crippen MR) is 46.1 cm³/mol. The van der Waals surface area contributed by atoms with Gasteiger partial charge in [-0.1, -0.05) is 5.16 Å². The van der Waals surface area contributed by atoms with Crippen LogP contribution in [-0.4, -0.2) is 32.4 Å². The Morgan fingerprint density at radius 1 is 1.85 bits per heavy atom. The molecule has 0 radical (unpaired) electrons. The van der Waals surface area contributed by atoms with Crippen LogP contribution in [0.25, 0.3) is 0 Å². The van der Waals surface area contributed by atoms with Crippen molar-refractivity contribution < 1.29 is 5.21 Å². The highest BCUT2D eigenvalue weighted by atomic mass is 16.4. The molecule has 0 unspecified atom stereocenters. The Bertz CT molecular complexity index is 293. The number of nitrogens with zero attached hydrogens (tertiary/aromatic N) is 4. The van der Waals surface area contributed by atoms with E-state index < -0.39 is 0 Å². The lowest BCUT2D eigenvalue weighted by Crippen LogP contribution is -2.29. The fourth-order valence-electron chi connectivity index (χ4n) is 0.805. The number of aryl methyl sites for hydroxylation is 1. The number of oxime groups is 1. The van der Waals surface area contributed by atoms with Crippen molar-refractivity contribution in [2.24, 2.45) is 17.9 Å². The van der Waals surface area contributed by atoms with Gasteiger partial charge in [-0.25, -0.2) is 0 Å². The summed E-state index contributed by atoms with van der Waals surface area (Å²) >= 11 is 0. The fraction of sp³-hybridized carbons (Fsp3) is 0.500. The minimum Gasteiger partial charge on any atom is -0.409 e. The van der Waals surface area contributed by atoms with Crippen molar-refractivity contribution in [2.45, 2.75) is 6.54 Å². The first kappa shape index (κ1) is 9.46. The van der Waals surface area contributed by atoms with Crippen LogP contribution in [0.5, 0.6) is 0 Å². The molecule has 0 saturated carbocycles. The van der Waals surface area contributed by atoms with E-state index in [4.69, 9.17) is 10.9 Å². The first-order valence-corrected chi connectivity index (χ1v) is 3.74. The van der Waals surface area contributed by atoms with Gasteiger partial charge in [-0.2, -0.15) is 0 Å². The molecule has 0 aromatic carbocycles. The van der Waals surface area contributed by atoms with Gasteiger partial charge in [0.05, 0.1) is 13.1 Å². The molecule has 0 amide bonds. The summed E-state index contributed by atoms with van der Waals surface area (Å²) in [6, 6.07) is 0. The minimum absolute atomic E-state index is 0.141.